The first-order valence-corrected chi connectivity index (χ1v) is 8.02. The van der Waals surface area contributed by atoms with Crippen molar-refractivity contribution < 1.29 is 0 Å². The topological polar surface area (TPSA) is 17.8 Å². The highest BCUT2D eigenvalue weighted by Crippen LogP contribution is 2.32. The maximum Gasteiger partial charge on any atom is 0.119 e. The smallest absolute Gasteiger partial charge is 0.119 e. The fraction of sp³-hybridized carbons (Fsp3) is 0.190. The number of hydrogen-bond donors (Lipinski definition) is 0. The molecule has 0 bridgehead atoms. The van der Waals surface area contributed by atoms with E-state index in [4.69, 9.17) is 4.98 Å². The summed E-state index contributed by atoms with van der Waals surface area (Å²) < 4.78 is 2.32. The first-order valence-electron chi connectivity index (χ1n) is 8.02. The van der Waals surface area contributed by atoms with E-state index in [0.29, 0.717) is 0 Å². The predicted molar refractivity (Wildman–Crippen MR) is 97.3 cm³/mol. The van der Waals surface area contributed by atoms with Crippen molar-refractivity contribution in [1.29, 1.82) is 0 Å². The molecule has 2 heteroatoms. The molecule has 0 unspecified atom stereocenters. The maximum absolute atomic E-state index is 4.93. The fourth-order valence-corrected chi connectivity index (χ4v) is 3.18. The fourth-order valence-electron chi connectivity index (χ4n) is 3.18. The summed E-state index contributed by atoms with van der Waals surface area (Å²) in [6.45, 7) is 6.65. The normalized spacial score (nSPS) is 12.1. The molecular formula is C21H20N2. The van der Waals surface area contributed by atoms with Crippen LogP contribution >= 0.6 is 0 Å². The van der Waals surface area contributed by atoms with Crippen molar-refractivity contribution in [3.63, 3.8) is 0 Å². The summed E-state index contributed by atoms with van der Waals surface area (Å²) in [5, 5.41) is 2.51. The third-order valence-corrected chi connectivity index (χ3v) is 4.24. The van der Waals surface area contributed by atoms with Gasteiger partial charge in [0, 0.05) is 10.8 Å². The highest BCUT2D eigenvalue weighted by atomic mass is 15.1. The summed E-state index contributed by atoms with van der Waals surface area (Å²) in [6, 6.07) is 23.4. The average Bonchev–Trinajstić information content (AvgIpc) is 2.94. The van der Waals surface area contributed by atoms with Gasteiger partial charge in [0.2, 0.25) is 0 Å². The summed E-state index contributed by atoms with van der Waals surface area (Å²) in [7, 11) is 0. The largest absolute Gasteiger partial charge is 0.295 e. The van der Waals surface area contributed by atoms with Crippen LogP contribution < -0.4 is 0 Å². The molecule has 1 aromatic heterocycles. The second-order valence-electron chi connectivity index (χ2n) is 7.01. The van der Waals surface area contributed by atoms with E-state index in [1.165, 1.54) is 16.5 Å². The standard InChI is InChI=1S/C21H20N2/c1-21(2,3)20-22-17-12-6-7-13-19(17)23(20)18-14-8-10-15-9-4-5-11-16(15)18/h4-14H,1-3H3. The molecular weight excluding hydrogens is 280 g/mol. The minimum Gasteiger partial charge on any atom is -0.295 e. The van der Waals surface area contributed by atoms with E-state index in [-0.39, 0.29) is 5.41 Å². The molecule has 0 saturated carbocycles. The van der Waals surface area contributed by atoms with E-state index in [9.17, 15) is 0 Å². The SMILES string of the molecule is CC(C)(C)c1nc2ccccc2n1-c1cccc2ccccc12. The van der Waals surface area contributed by atoms with Crippen LogP contribution in [0.5, 0.6) is 0 Å². The first-order chi connectivity index (χ1) is 11.1. The van der Waals surface area contributed by atoms with Gasteiger partial charge in [0.25, 0.3) is 0 Å². The molecule has 114 valence electrons. The molecule has 0 radical (unpaired) electrons. The Morgan fingerprint density at radius 3 is 2.30 bits per heavy atom. The predicted octanol–water partition coefficient (Wildman–Crippen LogP) is 5.48. The van der Waals surface area contributed by atoms with Crippen molar-refractivity contribution in [3.8, 4) is 5.69 Å². The van der Waals surface area contributed by atoms with E-state index in [0.717, 1.165) is 16.9 Å². The van der Waals surface area contributed by atoms with Gasteiger partial charge in [-0.05, 0) is 23.6 Å². The average molecular weight is 300 g/mol. The third-order valence-electron chi connectivity index (χ3n) is 4.24. The Balaban J connectivity index is 2.16. The second-order valence-corrected chi connectivity index (χ2v) is 7.01. The quantitative estimate of drug-likeness (QED) is 0.455. The summed E-state index contributed by atoms with van der Waals surface area (Å²) >= 11 is 0. The van der Waals surface area contributed by atoms with Crippen LogP contribution in [-0.4, -0.2) is 9.55 Å². The lowest BCUT2D eigenvalue weighted by Crippen LogP contribution is -2.18. The monoisotopic (exact) mass is 300 g/mol. The van der Waals surface area contributed by atoms with E-state index in [1.54, 1.807) is 0 Å². The highest BCUT2D eigenvalue weighted by Gasteiger charge is 2.24. The minimum absolute atomic E-state index is 0.0318. The van der Waals surface area contributed by atoms with Crippen molar-refractivity contribution in [2.24, 2.45) is 0 Å². The van der Waals surface area contributed by atoms with Crippen molar-refractivity contribution in [2.75, 3.05) is 0 Å². The van der Waals surface area contributed by atoms with Crippen LogP contribution in [0.3, 0.4) is 0 Å². The Morgan fingerprint density at radius 1 is 0.783 bits per heavy atom. The van der Waals surface area contributed by atoms with Crippen LogP contribution in [0.2, 0.25) is 0 Å². The molecule has 0 aliphatic heterocycles. The Bertz CT molecular complexity index is 998. The van der Waals surface area contributed by atoms with Crippen molar-refractivity contribution >= 4 is 21.8 Å². The molecule has 0 aliphatic rings. The lowest BCUT2D eigenvalue weighted by atomic mass is 9.95. The van der Waals surface area contributed by atoms with Crippen LogP contribution in [0.25, 0.3) is 27.5 Å². The van der Waals surface area contributed by atoms with E-state index in [1.807, 2.05) is 0 Å². The number of rotatable bonds is 1. The van der Waals surface area contributed by atoms with Gasteiger partial charge in [-0.1, -0.05) is 69.3 Å². The molecule has 0 aliphatic carbocycles. The highest BCUT2D eigenvalue weighted by molar-refractivity contribution is 5.92. The summed E-state index contributed by atoms with van der Waals surface area (Å²) in [4.78, 5) is 4.93. The summed E-state index contributed by atoms with van der Waals surface area (Å²) in [6.07, 6.45) is 0. The Morgan fingerprint density at radius 2 is 1.48 bits per heavy atom. The van der Waals surface area contributed by atoms with E-state index >= 15 is 0 Å². The minimum atomic E-state index is -0.0318. The van der Waals surface area contributed by atoms with Crippen molar-refractivity contribution in [2.45, 2.75) is 26.2 Å². The maximum atomic E-state index is 4.93. The molecule has 0 N–H and O–H groups in total. The third kappa shape index (κ3) is 2.22. The lowest BCUT2D eigenvalue weighted by Gasteiger charge is -2.21. The van der Waals surface area contributed by atoms with Crippen LogP contribution in [-0.2, 0) is 5.41 Å². The number of nitrogens with zero attached hydrogens (tertiary/aromatic N) is 2. The van der Waals surface area contributed by atoms with Crippen LogP contribution in [0.15, 0.2) is 66.7 Å². The van der Waals surface area contributed by atoms with Crippen molar-refractivity contribution in [3.05, 3.63) is 72.6 Å². The van der Waals surface area contributed by atoms with E-state index in [2.05, 4.69) is 92.1 Å². The number of benzene rings is 3. The first kappa shape index (κ1) is 14.0. The molecule has 4 aromatic rings. The molecule has 2 nitrogen and oxygen atoms in total. The Labute approximate surface area is 136 Å². The van der Waals surface area contributed by atoms with Crippen molar-refractivity contribution in [1.82, 2.24) is 9.55 Å². The summed E-state index contributed by atoms with van der Waals surface area (Å²) in [5.74, 6) is 1.09. The molecule has 23 heavy (non-hydrogen) atoms. The second kappa shape index (κ2) is 4.95. The van der Waals surface area contributed by atoms with Gasteiger partial charge in [0.1, 0.15) is 5.82 Å². The van der Waals surface area contributed by atoms with Gasteiger partial charge in [-0.2, -0.15) is 0 Å². The molecule has 4 rings (SSSR count). The number of fused-ring (bicyclic) bond motifs is 2. The zero-order valence-electron chi connectivity index (χ0n) is 13.7. The van der Waals surface area contributed by atoms with E-state index < -0.39 is 0 Å². The number of imidazole rings is 1. The number of para-hydroxylation sites is 2. The van der Waals surface area contributed by atoms with Gasteiger partial charge in [0.15, 0.2) is 0 Å². The number of aromatic nitrogens is 2. The number of hydrogen-bond acceptors (Lipinski definition) is 1. The zero-order valence-corrected chi connectivity index (χ0v) is 13.7. The van der Waals surface area contributed by atoms with Gasteiger partial charge < -0.3 is 0 Å². The van der Waals surface area contributed by atoms with Gasteiger partial charge in [0.05, 0.1) is 16.7 Å². The molecule has 0 spiro atoms. The van der Waals surface area contributed by atoms with Crippen LogP contribution in [0.4, 0.5) is 0 Å². The molecule has 0 fully saturated rings. The van der Waals surface area contributed by atoms with Gasteiger partial charge in [-0.15, -0.1) is 0 Å². The molecule has 0 atom stereocenters. The Kier molecular flexibility index (Phi) is 3.02. The molecule has 0 saturated heterocycles. The van der Waals surface area contributed by atoms with Gasteiger partial charge in [-0.3, -0.25) is 4.57 Å². The molecule has 3 aromatic carbocycles. The van der Waals surface area contributed by atoms with Gasteiger partial charge >= 0.3 is 0 Å². The zero-order chi connectivity index (χ0) is 16.0. The van der Waals surface area contributed by atoms with Crippen LogP contribution in [0, 0.1) is 0 Å². The lowest BCUT2D eigenvalue weighted by molar-refractivity contribution is 0.539. The van der Waals surface area contributed by atoms with Crippen LogP contribution in [0.1, 0.15) is 26.6 Å². The summed E-state index contributed by atoms with van der Waals surface area (Å²) in [5.41, 5.74) is 3.37. The van der Waals surface area contributed by atoms with Gasteiger partial charge in [-0.25, -0.2) is 4.98 Å². The Hall–Kier alpha value is -2.61. The molecule has 1 heterocycles. The molecule has 0 amide bonds.